The van der Waals surface area contributed by atoms with Gasteiger partial charge < -0.3 is 10.2 Å². The third kappa shape index (κ3) is 6.47. The quantitative estimate of drug-likeness (QED) is 0.205. The van der Waals surface area contributed by atoms with Crippen LogP contribution < -0.4 is 0 Å². The van der Waals surface area contributed by atoms with Crippen LogP contribution in [-0.4, -0.2) is 112 Å². The lowest BCUT2D eigenvalue weighted by Crippen LogP contribution is -2.10. The molecule has 0 unspecified atom stereocenters. The molecule has 0 amide bonds. The summed E-state index contributed by atoms with van der Waals surface area (Å²) in [6.45, 7) is 5.02. The zero-order valence-corrected chi connectivity index (χ0v) is 30.2. The summed E-state index contributed by atoms with van der Waals surface area (Å²) in [5.74, 6) is 0. The van der Waals surface area contributed by atoms with Crippen molar-refractivity contribution < 1.29 is 10.2 Å². The number of aliphatic hydroxyl groups excluding tert-OH is 2. The zero-order valence-electron chi connectivity index (χ0n) is 30.2. The number of fused-ring (bicyclic) bond motifs is 4. The van der Waals surface area contributed by atoms with Crippen LogP contribution in [0.3, 0.4) is 0 Å². The van der Waals surface area contributed by atoms with Crippen LogP contribution in [0.25, 0.3) is 56.1 Å². The lowest BCUT2D eigenvalue weighted by atomic mass is 10.1. The van der Waals surface area contributed by atoms with Crippen LogP contribution in [-0.2, 0) is 13.1 Å². The summed E-state index contributed by atoms with van der Waals surface area (Å²) >= 11 is 0. The highest BCUT2D eigenvalue weighted by molar-refractivity contribution is 5.71. The number of hydrogen-bond donors (Lipinski definition) is 2. The Hall–Kier alpha value is -7.32. The molecule has 0 saturated carbocycles. The van der Waals surface area contributed by atoms with Crippen molar-refractivity contribution in [1.29, 1.82) is 0 Å². The van der Waals surface area contributed by atoms with Gasteiger partial charge in [-0.25, -0.2) is 38.3 Å². The van der Waals surface area contributed by atoms with Crippen molar-refractivity contribution in [3.05, 3.63) is 109 Å². The second-order valence-electron chi connectivity index (χ2n) is 13.0. The summed E-state index contributed by atoms with van der Waals surface area (Å²) in [4.78, 5) is 18.2. The summed E-state index contributed by atoms with van der Waals surface area (Å²) in [6.07, 6.45) is 17.8. The third-order valence-corrected chi connectivity index (χ3v) is 9.44. The zero-order chi connectivity index (χ0) is 38.2. The average Bonchev–Trinajstić information content (AvgIpc) is 4.09. The molecule has 0 saturated heterocycles. The van der Waals surface area contributed by atoms with Crippen molar-refractivity contribution in [3.8, 4) is 22.5 Å². The molecule has 0 aliphatic heterocycles. The van der Waals surface area contributed by atoms with Gasteiger partial charge in [-0.1, -0.05) is 10.4 Å². The summed E-state index contributed by atoms with van der Waals surface area (Å²) in [6, 6.07) is 11.9. The van der Waals surface area contributed by atoms with Gasteiger partial charge in [0.2, 0.25) is 11.3 Å². The molecule has 10 aromatic heterocycles. The van der Waals surface area contributed by atoms with Crippen LogP contribution in [0.5, 0.6) is 0 Å². The number of hydrogen-bond acceptors (Lipinski definition) is 14. The maximum absolute atomic E-state index is 9.06. The number of aliphatic hydroxyl groups is 2. The predicted molar refractivity (Wildman–Crippen MR) is 201 cm³/mol. The van der Waals surface area contributed by atoms with Gasteiger partial charge in [-0.15, -0.1) is 10.2 Å². The molecule has 0 aromatic carbocycles. The van der Waals surface area contributed by atoms with Crippen molar-refractivity contribution in [1.82, 2.24) is 88.7 Å². The normalized spacial score (nSPS) is 12.8. The Balaban J connectivity index is 0.000000146. The fraction of sp³-hybridized carbons (Fsp3) is 0.222. The topological polar surface area (TPSA) is 224 Å². The van der Waals surface area contributed by atoms with E-state index in [4.69, 9.17) is 20.2 Å². The minimum absolute atomic E-state index is 0.0293. The SMILES string of the molecule is C[C@@H](c1ccn2nccc2c1)n1nnc2ncc(-c3cnn(CCO)c3)nc21.C[C@H](c1ccn2nccc2c1)n1nnc2ncc(-c3cnn(CCO)c3)nc21. The highest BCUT2D eigenvalue weighted by atomic mass is 16.3. The maximum atomic E-state index is 9.06. The van der Waals surface area contributed by atoms with E-state index in [1.165, 1.54) is 0 Å². The van der Waals surface area contributed by atoms with Gasteiger partial charge in [0.05, 0.1) is 85.6 Å². The molecule has 0 aliphatic carbocycles. The van der Waals surface area contributed by atoms with Crippen LogP contribution in [0.15, 0.2) is 98.4 Å². The molecule has 0 radical (unpaired) electrons. The molecular weight excluding hydrogens is 717 g/mol. The molecule has 0 fully saturated rings. The van der Waals surface area contributed by atoms with Crippen LogP contribution in [0.1, 0.15) is 37.1 Å². The van der Waals surface area contributed by atoms with E-state index in [1.807, 2.05) is 71.9 Å². The van der Waals surface area contributed by atoms with Gasteiger partial charge >= 0.3 is 0 Å². The Morgan fingerprint density at radius 2 is 1.05 bits per heavy atom. The number of aromatic nitrogens is 18. The predicted octanol–water partition coefficient (Wildman–Crippen LogP) is 2.67. The van der Waals surface area contributed by atoms with Crippen LogP contribution in [0, 0.1) is 0 Å². The molecule has 0 bridgehead atoms. The molecule has 10 heterocycles. The van der Waals surface area contributed by atoms with Crippen molar-refractivity contribution in [2.24, 2.45) is 0 Å². The largest absolute Gasteiger partial charge is 0.394 e. The van der Waals surface area contributed by atoms with E-state index in [1.54, 1.807) is 55.9 Å². The molecule has 10 aromatic rings. The monoisotopic (exact) mass is 750 g/mol. The van der Waals surface area contributed by atoms with E-state index in [9.17, 15) is 0 Å². The van der Waals surface area contributed by atoms with Crippen LogP contribution in [0.4, 0.5) is 0 Å². The summed E-state index contributed by atoms with van der Waals surface area (Å²) < 4.78 is 10.5. The van der Waals surface area contributed by atoms with E-state index in [0.717, 1.165) is 33.3 Å². The lowest BCUT2D eigenvalue weighted by Gasteiger charge is -2.12. The first-order valence-electron chi connectivity index (χ1n) is 17.8. The van der Waals surface area contributed by atoms with Crippen LogP contribution >= 0.6 is 0 Å². The molecule has 20 heteroatoms. The van der Waals surface area contributed by atoms with E-state index in [2.05, 4.69) is 63.1 Å². The van der Waals surface area contributed by atoms with Crippen molar-refractivity contribution in [2.45, 2.75) is 39.0 Å². The molecule has 2 N–H and O–H groups in total. The van der Waals surface area contributed by atoms with Crippen molar-refractivity contribution in [3.63, 3.8) is 0 Å². The highest BCUT2D eigenvalue weighted by Gasteiger charge is 2.19. The molecule has 0 spiro atoms. The Bertz CT molecular complexity index is 2740. The Morgan fingerprint density at radius 1 is 0.589 bits per heavy atom. The first-order valence-corrected chi connectivity index (χ1v) is 17.8. The van der Waals surface area contributed by atoms with E-state index < -0.39 is 0 Å². The standard InChI is InChI=1S/2C18H17N9O/c2*1-12(13-3-5-26-15(8-13)2-4-20-26)27-18-17(23-24-27)19-10-16(22-18)14-9-21-25(11-14)6-7-28/h2*2-5,8-12,28H,6-7H2,1H3/t2*12-/m10/s1. The molecule has 56 heavy (non-hydrogen) atoms. The second kappa shape index (κ2) is 14.5. The van der Waals surface area contributed by atoms with Gasteiger partial charge in [0.1, 0.15) is 0 Å². The number of rotatable bonds is 10. The lowest BCUT2D eigenvalue weighted by molar-refractivity contribution is 0.269. The Morgan fingerprint density at radius 3 is 1.50 bits per heavy atom. The van der Waals surface area contributed by atoms with E-state index in [-0.39, 0.29) is 25.3 Å². The summed E-state index contributed by atoms with van der Waals surface area (Å²) in [7, 11) is 0. The Kier molecular flexibility index (Phi) is 8.91. The molecule has 20 nitrogen and oxygen atoms in total. The van der Waals surface area contributed by atoms with Gasteiger partial charge in [-0.2, -0.15) is 20.4 Å². The van der Waals surface area contributed by atoms with Crippen LogP contribution in [0.2, 0.25) is 0 Å². The van der Waals surface area contributed by atoms with E-state index in [0.29, 0.717) is 47.1 Å². The third-order valence-electron chi connectivity index (χ3n) is 9.44. The molecule has 2 atom stereocenters. The van der Waals surface area contributed by atoms with Gasteiger partial charge in [-0.3, -0.25) is 9.36 Å². The fourth-order valence-corrected chi connectivity index (χ4v) is 6.38. The average molecular weight is 751 g/mol. The highest BCUT2D eigenvalue weighted by Crippen LogP contribution is 2.25. The maximum Gasteiger partial charge on any atom is 0.221 e. The minimum Gasteiger partial charge on any atom is -0.394 e. The number of pyridine rings is 2. The van der Waals surface area contributed by atoms with Gasteiger partial charge in [0, 0.05) is 48.3 Å². The van der Waals surface area contributed by atoms with Crippen molar-refractivity contribution >= 4 is 33.6 Å². The van der Waals surface area contributed by atoms with E-state index >= 15 is 0 Å². The Labute approximate surface area is 316 Å². The molecule has 280 valence electrons. The van der Waals surface area contributed by atoms with Gasteiger partial charge in [0.15, 0.2) is 11.3 Å². The minimum atomic E-state index is -0.0773. The number of nitrogens with zero attached hydrogens (tertiary/aromatic N) is 18. The van der Waals surface area contributed by atoms with Gasteiger partial charge in [0.25, 0.3) is 0 Å². The molecular formula is C36H34N18O2. The first kappa shape index (κ1) is 34.4. The fourth-order valence-electron chi connectivity index (χ4n) is 6.38. The summed E-state index contributed by atoms with van der Waals surface area (Å²) in [5.41, 5.74) is 9.36. The smallest absolute Gasteiger partial charge is 0.221 e. The van der Waals surface area contributed by atoms with Crippen molar-refractivity contribution in [2.75, 3.05) is 13.2 Å². The molecule has 10 rings (SSSR count). The van der Waals surface area contributed by atoms with Gasteiger partial charge in [-0.05, 0) is 61.4 Å². The summed E-state index contributed by atoms with van der Waals surface area (Å²) in [5, 5.41) is 51.9. The molecule has 0 aliphatic rings. The first-order chi connectivity index (χ1) is 27.4. The second-order valence-corrected chi connectivity index (χ2v) is 13.0.